The standard InChI is InChI=1S/C16H20N2O2/c1-2-20-16(19)18-11-12-8-9-14(18)10-15(12)17-13-6-4-3-5-7-13/h3-7,12,14H,2,8-11H2,1H3. The van der Waals surface area contributed by atoms with E-state index in [4.69, 9.17) is 9.73 Å². The van der Waals surface area contributed by atoms with Crippen molar-refractivity contribution in [3.8, 4) is 0 Å². The smallest absolute Gasteiger partial charge is 0.410 e. The number of rotatable bonds is 2. The first-order chi connectivity index (χ1) is 9.78. The Morgan fingerprint density at radius 2 is 2.15 bits per heavy atom. The quantitative estimate of drug-likeness (QED) is 0.828. The van der Waals surface area contributed by atoms with E-state index in [-0.39, 0.29) is 12.1 Å². The molecule has 20 heavy (non-hydrogen) atoms. The van der Waals surface area contributed by atoms with Crippen LogP contribution in [0.3, 0.4) is 0 Å². The fourth-order valence-electron chi connectivity index (χ4n) is 3.15. The van der Waals surface area contributed by atoms with Crippen molar-refractivity contribution in [1.82, 2.24) is 4.90 Å². The Morgan fingerprint density at radius 3 is 2.80 bits per heavy atom. The Labute approximate surface area is 119 Å². The molecule has 4 rings (SSSR count). The largest absolute Gasteiger partial charge is 0.450 e. The molecule has 2 unspecified atom stereocenters. The summed E-state index contributed by atoms with van der Waals surface area (Å²) in [4.78, 5) is 18.6. The normalized spacial score (nSPS) is 26.9. The molecule has 2 aliphatic heterocycles. The van der Waals surface area contributed by atoms with E-state index in [0.29, 0.717) is 12.5 Å². The zero-order chi connectivity index (χ0) is 13.9. The number of para-hydroxylation sites is 1. The first-order valence-corrected chi connectivity index (χ1v) is 7.34. The summed E-state index contributed by atoms with van der Waals surface area (Å²) in [5.41, 5.74) is 2.26. The number of benzene rings is 1. The third kappa shape index (κ3) is 2.55. The van der Waals surface area contributed by atoms with Gasteiger partial charge in [-0.3, -0.25) is 4.99 Å². The van der Waals surface area contributed by atoms with Crippen molar-refractivity contribution in [3.05, 3.63) is 30.3 Å². The van der Waals surface area contributed by atoms with Gasteiger partial charge in [-0.2, -0.15) is 0 Å². The van der Waals surface area contributed by atoms with E-state index in [0.717, 1.165) is 31.5 Å². The molecule has 2 heterocycles. The summed E-state index contributed by atoms with van der Waals surface area (Å²) < 4.78 is 5.13. The number of aliphatic imine (C=N–C) groups is 1. The fourth-order valence-corrected chi connectivity index (χ4v) is 3.15. The van der Waals surface area contributed by atoms with Gasteiger partial charge < -0.3 is 9.64 Å². The molecule has 3 fully saturated rings. The van der Waals surface area contributed by atoms with Gasteiger partial charge in [0.05, 0.1) is 12.3 Å². The van der Waals surface area contributed by atoms with Crippen LogP contribution in [0.1, 0.15) is 26.2 Å². The molecular weight excluding hydrogens is 252 g/mol. The first kappa shape index (κ1) is 13.2. The van der Waals surface area contributed by atoms with Crippen LogP contribution in [0.5, 0.6) is 0 Å². The van der Waals surface area contributed by atoms with Crippen LogP contribution in [0.2, 0.25) is 0 Å². The van der Waals surface area contributed by atoms with Crippen molar-refractivity contribution in [3.63, 3.8) is 0 Å². The van der Waals surface area contributed by atoms with Gasteiger partial charge in [0.15, 0.2) is 0 Å². The van der Waals surface area contributed by atoms with Gasteiger partial charge >= 0.3 is 6.09 Å². The molecule has 0 aromatic heterocycles. The second-order valence-corrected chi connectivity index (χ2v) is 5.42. The van der Waals surface area contributed by atoms with Crippen molar-refractivity contribution in [2.75, 3.05) is 13.2 Å². The summed E-state index contributed by atoms with van der Waals surface area (Å²) in [5.74, 6) is 0.393. The van der Waals surface area contributed by atoms with Gasteiger partial charge in [0.2, 0.25) is 0 Å². The summed E-state index contributed by atoms with van der Waals surface area (Å²) in [6, 6.07) is 10.3. The molecule has 2 bridgehead atoms. The van der Waals surface area contributed by atoms with E-state index >= 15 is 0 Å². The second-order valence-electron chi connectivity index (χ2n) is 5.42. The summed E-state index contributed by atoms with van der Waals surface area (Å²) in [7, 11) is 0. The maximum atomic E-state index is 11.9. The number of amides is 1. The molecule has 106 valence electrons. The van der Waals surface area contributed by atoms with E-state index in [2.05, 4.69) is 0 Å². The number of piperidine rings is 2. The second kappa shape index (κ2) is 5.65. The third-order valence-corrected chi connectivity index (χ3v) is 4.15. The Morgan fingerprint density at radius 1 is 1.35 bits per heavy atom. The first-order valence-electron chi connectivity index (χ1n) is 7.34. The highest BCUT2D eigenvalue weighted by Gasteiger charge is 2.40. The Hall–Kier alpha value is -1.84. The molecular formula is C16H20N2O2. The number of ether oxygens (including phenoxy) is 1. The minimum absolute atomic E-state index is 0.166. The highest BCUT2D eigenvalue weighted by Crippen LogP contribution is 2.34. The third-order valence-electron chi connectivity index (χ3n) is 4.15. The van der Waals surface area contributed by atoms with Gasteiger partial charge in [-0.05, 0) is 31.9 Å². The molecule has 1 aliphatic carbocycles. The summed E-state index contributed by atoms with van der Waals surface area (Å²) in [5, 5.41) is 0. The van der Waals surface area contributed by atoms with Crippen LogP contribution < -0.4 is 0 Å². The number of hydrogen-bond donors (Lipinski definition) is 0. The number of fused-ring (bicyclic) bond motifs is 3. The van der Waals surface area contributed by atoms with Crippen molar-refractivity contribution in [1.29, 1.82) is 0 Å². The van der Waals surface area contributed by atoms with E-state index in [1.165, 1.54) is 5.71 Å². The van der Waals surface area contributed by atoms with Gasteiger partial charge in [-0.15, -0.1) is 0 Å². The molecule has 1 aromatic carbocycles. The summed E-state index contributed by atoms with van der Waals surface area (Å²) >= 11 is 0. The molecule has 0 radical (unpaired) electrons. The van der Waals surface area contributed by atoms with Crippen molar-refractivity contribution < 1.29 is 9.53 Å². The maximum Gasteiger partial charge on any atom is 0.410 e. The molecule has 0 spiro atoms. The molecule has 2 atom stereocenters. The van der Waals surface area contributed by atoms with Crippen LogP contribution >= 0.6 is 0 Å². The Balaban J connectivity index is 1.74. The Kier molecular flexibility index (Phi) is 3.72. The lowest BCUT2D eigenvalue weighted by Gasteiger charge is -2.45. The van der Waals surface area contributed by atoms with Gasteiger partial charge in [0.25, 0.3) is 0 Å². The van der Waals surface area contributed by atoms with E-state index in [1.807, 2.05) is 42.2 Å². The van der Waals surface area contributed by atoms with E-state index in [1.54, 1.807) is 0 Å². The van der Waals surface area contributed by atoms with Crippen LogP contribution in [0.25, 0.3) is 0 Å². The van der Waals surface area contributed by atoms with Crippen LogP contribution in [0.4, 0.5) is 10.5 Å². The van der Waals surface area contributed by atoms with E-state index in [9.17, 15) is 4.79 Å². The predicted octanol–water partition coefficient (Wildman–Crippen LogP) is 3.40. The van der Waals surface area contributed by atoms with Gasteiger partial charge in [0, 0.05) is 30.6 Å². The average Bonchev–Trinajstić information content (AvgIpc) is 2.49. The van der Waals surface area contributed by atoms with Crippen LogP contribution in [-0.2, 0) is 4.74 Å². The van der Waals surface area contributed by atoms with Gasteiger partial charge in [0.1, 0.15) is 0 Å². The lowest BCUT2D eigenvalue weighted by molar-refractivity contribution is 0.0632. The van der Waals surface area contributed by atoms with Crippen molar-refractivity contribution in [2.45, 2.75) is 32.2 Å². The average molecular weight is 272 g/mol. The van der Waals surface area contributed by atoms with Gasteiger partial charge in [-0.1, -0.05) is 18.2 Å². The molecule has 3 aliphatic rings. The summed E-state index contributed by atoms with van der Waals surface area (Å²) in [6.07, 6.45) is 2.92. The zero-order valence-electron chi connectivity index (χ0n) is 11.8. The highest BCUT2D eigenvalue weighted by atomic mass is 16.6. The van der Waals surface area contributed by atoms with Crippen molar-refractivity contribution >= 4 is 17.5 Å². The Bertz CT molecular complexity index is 512. The maximum absolute atomic E-state index is 11.9. The number of hydrogen-bond acceptors (Lipinski definition) is 3. The van der Waals surface area contributed by atoms with Gasteiger partial charge in [-0.25, -0.2) is 4.79 Å². The van der Waals surface area contributed by atoms with Crippen LogP contribution in [-0.4, -0.2) is 35.9 Å². The number of carbonyl (C=O) groups is 1. The predicted molar refractivity (Wildman–Crippen MR) is 78.4 cm³/mol. The minimum Gasteiger partial charge on any atom is -0.450 e. The molecule has 2 saturated heterocycles. The molecule has 1 aromatic rings. The van der Waals surface area contributed by atoms with Crippen molar-refractivity contribution in [2.24, 2.45) is 10.9 Å². The monoisotopic (exact) mass is 272 g/mol. The van der Waals surface area contributed by atoms with Crippen LogP contribution in [0.15, 0.2) is 35.3 Å². The lowest BCUT2D eigenvalue weighted by Crippen LogP contribution is -2.54. The SMILES string of the molecule is CCOC(=O)N1CC2CCC1CC2=Nc1ccccc1. The molecule has 4 heteroatoms. The zero-order valence-corrected chi connectivity index (χ0v) is 11.8. The minimum atomic E-state index is -0.166. The molecule has 1 amide bonds. The molecule has 0 N–H and O–H groups in total. The highest BCUT2D eigenvalue weighted by molar-refractivity contribution is 5.92. The van der Waals surface area contributed by atoms with Crippen LogP contribution in [0, 0.1) is 5.92 Å². The number of carbonyl (C=O) groups excluding carboxylic acids is 1. The fraction of sp³-hybridized carbons (Fsp3) is 0.500. The number of nitrogens with zero attached hydrogens (tertiary/aromatic N) is 2. The summed E-state index contributed by atoms with van der Waals surface area (Å²) in [6.45, 7) is 3.05. The molecule has 1 saturated carbocycles. The van der Waals surface area contributed by atoms with E-state index < -0.39 is 0 Å². The lowest BCUT2D eigenvalue weighted by atomic mass is 9.78. The topological polar surface area (TPSA) is 41.9 Å². The molecule has 4 nitrogen and oxygen atoms in total.